The van der Waals surface area contributed by atoms with E-state index in [0.717, 1.165) is 18.4 Å². The van der Waals surface area contributed by atoms with Gasteiger partial charge in [0.25, 0.3) is 0 Å². The number of Topliss-reactive ketones (excluding diaryl/α,β-unsaturated/α-hetero) is 1. The third kappa shape index (κ3) is 4.43. The highest BCUT2D eigenvalue weighted by molar-refractivity contribution is 7.89. The Hall–Kier alpha value is -2.22. The molecule has 1 aliphatic rings. The molecular weight excluding hydrogens is 402 g/mol. The fraction of sp³-hybridized carbons (Fsp3) is 0.300. The SMILES string of the molecule is Cc1ccc(C(=O)COC(=O)c2cc(S(=O)(=O)N3CCCC3)ccc2Cl)cc1. The van der Waals surface area contributed by atoms with Gasteiger partial charge in [0.05, 0.1) is 15.5 Å². The molecule has 2 aromatic carbocycles. The molecule has 2 aromatic rings. The molecule has 28 heavy (non-hydrogen) atoms. The van der Waals surface area contributed by atoms with Crippen LogP contribution in [0.2, 0.25) is 5.02 Å². The molecule has 0 spiro atoms. The Morgan fingerprint density at radius 3 is 2.36 bits per heavy atom. The highest BCUT2D eigenvalue weighted by Gasteiger charge is 2.28. The predicted molar refractivity (Wildman–Crippen MR) is 105 cm³/mol. The number of hydrogen-bond acceptors (Lipinski definition) is 5. The van der Waals surface area contributed by atoms with Crippen molar-refractivity contribution < 1.29 is 22.7 Å². The summed E-state index contributed by atoms with van der Waals surface area (Å²) in [5.41, 5.74) is 1.35. The van der Waals surface area contributed by atoms with E-state index in [1.807, 2.05) is 6.92 Å². The Kier molecular flexibility index (Phi) is 6.17. The molecule has 1 fully saturated rings. The lowest BCUT2D eigenvalue weighted by Gasteiger charge is -2.16. The molecule has 1 aliphatic heterocycles. The smallest absolute Gasteiger partial charge is 0.340 e. The molecule has 3 rings (SSSR count). The van der Waals surface area contributed by atoms with Gasteiger partial charge in [-0.1, -0.05) is 41.4 Å². The number of rotatable bonds is 6. The zero-order valence-electron chi connectivity index (χ0n) is 15.4. The molecule has 1 saturated heterocycles. The fourth-order valence-electron chi connectivity index (χ4n) is 2.93. The van der Waals surface area contributed by atoms with E-state index in [1.165, 1.54) is 22.5 Å². The van der Waals surface area contributed by atoms with E-state index in [1.54, 1.807) is 24.3 Å². The zero-order chi connectivity index (χ0) is 20.3. The minimum absolute atomic E-state index is 0.0180. The van der Waals surface area contributed by atoms with Gasteiger partial charge in [-0.25, -0.2) is 13.2 Å². The molecule has 0 N–H and O–H groups in total. The van der Waals surface area contributed by atoms with Crippen molar-refractivity contribution in [1.82, 2.24) is 4.31 Å². The van der Waals surface area contributed by atoms with Crippen molar-refractivity contribution in [3.05, 3.63) is 64.2 Å². The van der Waals surface area contributed by atoms with Gasteiger partial charge in [0.1, 0.15) is 0 Å². The second-order valence-electron chi connectivity index (χ2n) is 6.62. The van der Waals surface area contributed by atoms with Crippen molar-refractivity contribution in [2.45, 2.75) is 24.7 Å². The Balaban J connectivity index is 1.74. The topological polar surface area (TPSA) is 80.8 Å². The number of ether oxygens (including phenoxy) is 1. The second-order valence-corrected chi connectivity index (χ2v) is 8.96. The summed E-state index contributed by atoms with van der Waals surface area (Å²) in [5.74, 6) is -1.20. The Labute approximate surface area is 169 Å². The van der Waals surface area contributed by atoms with E-state index in [0.29, 0.717) is 18.7 Å². The van der Waals surface area contributed by atoms with Crippen LogP contribution < -0.4 is 0 Å². The van der Waals surface area contributed by atoms with Gasteiger partial charge in [-0.3, -0.25) is 4.79 Å². The van der Waals surface area contributed by atoms with Crippen LogP contribution in [0.3, 0.4) is 0 Å². The lowest BCUT2D eigenvalue weighted by atomic mass is 10.1. The average molecular weight is 422 g/mol. The van der Waals surface area contributed by atoms with Gasteiger partial charge >= 0.3 is 5.97 Å². The van der Waals surface area contributed by atoms with Crippen LogP contribution in [0.25, 0.3) is 0 Å². The quantitative estimate of drug-likeness (QED) is 0.527. The lowest BCUT2D eigenvalue weighted by Crippen LogP contribution is -2.28. The Morgan fingerprint density at radius 1 is 1.07 bits per heavy atom. The third-order valence-corrected chi connectivity index (χ3v) is 6.79. The molecule has 6 nitrogen and oxygen atoms in total. The predicted octanol–water partition coefficient (Wildman–Crippen LogP) is 3.47. The summed E-state index contributed by atoms with van der Waals surface area (Å²) in [6, 6.07) is 10.8. The van der Waals surface area contributed by atoms with E-state index in [-0.39, 0.29) is 21.3 Å². The van der Waals surface area contributed by atoms with E-state index >= 15 is 0 Å². The third-order valence-electron chi connectivity index (χ3n) is 4.57. The van der Waals surface area contributed by atoms with Gasteiger partial charge in [-0.05, 0) is 38.0 Å². The number of esters is 1. The summed E-state index contributed by atoms with van der Waals surface area (Å²) in [5, 5.41) is 0.0631. The van der Waals surface area contributed by atoms with Crippen LogP contribution in [0.15, 0.2) is 47.4 Å². The minimum Gasteiger partial charge on any atom is -0.454 e. The number of ketones is 1. The van der Waals surface area contributed by atoms with E-state index in [2.05, 4.69) is 0 Å². The summed E-state index contributed by atoms with van der Waals surface area (Å²) in [6.07, 6.45) is 1.62. The highest BCUT2D eigenvalue weighted by atomic mass is 35.5. The number of carbonyl (C=O) groups excluding carboxylic acids is 2. The van der Waals surface area contributed by atoms with Crippen molar-refractivity contribution >= 4 is 33.4 Å². The van der Waals surface area contributed by atoms with Crippen LogP contribution in [0.5, 0.6) is 0 Å². The molecule has 0 saturated carbocycles. The van der Waals surface area contributed by atoms with Crippen molar-refractivity contribution in [2.24, 2.45) is 0 Å². The summed E-state index contributed by atoms with van der Waals surface area (Å²) >= 11 is 6.06. The summed E-state index contributed by atoms with van der Waals surface area (Å²) in [6.45, 7) is 2.35. The molecule has 0 aromatic heterocycles. The Morgan fingerprint density at radius 2 is 1.71 bits per heavy atom. The number of benzene rings is 2. The van der Waals surface area contributed by atoms with E-state index in [4.69, 9.17) is 16.3 Å². The molecule has 0 radical (unpaired) electrons. The number of halogens is 1. The first-order valence-corrected chi connectivity index (χ1v) is 10.7. The molecule has 0 unspecified atom stereocenters. The zero-order valence-corrected chi connectivity index (χ0v) is 16.9. The number of carbonyl (C=O) groups is 2. The van der Waals surface area contributed by atoms with Crippen molar-refractivity contribution in [3.8, 4) is 0 Å². The van der Waals surface area contributed by atoms with Crippen LogP contribution in [0, 0.1) is 6.92 Å². The minimum atomic E-state index is -3.69. The van der Waals surface area contributed by atoms with Crippen LogP contribution in [-0.4, -0.2) is 44.2 Å². The molecule has 8 heteroatoms. The molecule has 0 amide bonds. The van der Waals surface area contributed by atoms with Crippen molar-refractivity contribution in [3.63, 3.8) is 0 Å². The first-order valence-electron chi connectivity index (χ1n) is 8.86. The fourth-order valence-corrected chi connectivity index (χ4v) is 4.67. The van der Waals surface area contributed by atoms with Crippen molar-refractivity contribution in [1.29, 1.82) is 0 Å². The van der Waals surface area contributed by atoms with Crippen molar-refractivity contribution in [2.75, 3.05) is 19.7 Å². The normalized spacial score (nSPS) is 14.8. The van der Waals surface area contributed by atoms with Gasteiger partial charge in [-0.2, -0.15) is 4.31 Å². The van der Waals surface area contributed by atoms with Gasteiger partial charge in [0.15, 0.2) is 12.4 Å². The highest BCUT2D eigenvalue weighted by Crippen LogP contribution is 2.25. The standard InChI is InChI=1S/C20H20ClNO5S/c1-14-4-6-15(7-5-14)19(23)13-27-20(24)17-12-16(8-9-18(17)21)28(25,26)22-10-2-3-11-22/h4-9,12H,2-3,10-11,13H2,1H3. The molecule has 1 heterocycles. The van der Waals surface area contributed by atoms with Crippen LogP contribution in [-0.2, 0) is 14.8 Å². The second kappa shape index (κ2) is 8.43. The van der Waals surface area contributed by atoms with E-state index < -0.39 is 22.6 Å². The molecule has 0 bridgehead atoms. The maximum absolute atomic E-state index is 12.7. The number of sulfonamides is 1. The van der Waals surface area contributed by atoms with Crippen LogP contribution in [0.4, 0.5) is 0 Å². The largest absolute Gasteiger partial charge is 0.454 e. The first-order chi connectivity index (χ1) is 13.3. The molecule has 148 valence electrons. The lowest BCUT2D eigenvalue weighted by molar-refractivity contribution is 0.0474. The summed E-state index contributed by atoms with van der Waals surface area (Å²) in [7, 11) is -3.69. The number of nitrogens with zero attached hydrogens (tertiary/aromatic N) is 1. The molecule has 0 aliphatic carbocycles. The van der Waals surface area contributed by atoms with Gasteiger partial charge in [0, 0.05) is 18.7 Å². The number of aryl methyl sites for hydroxylation is 1. The maximum atomic E-state index is 12.7. The van der Waals surface area contributed by atoms with Gasteiger partial charge in [-0.15, -0.1) is 0 Å². The molecular formula is C20H20ClNO5S. The van der Waals surface area contributed by atoms with Crippen LogP contribution in [0.1, 0.15) is 39.1 Å². The molecule has 0 atom stereocenters. The summed E-state index contributed by atoms with van der Waals surface area (Å²) < 4.78 is 31.8. The average Bonchev–Trinajstić information content (AvgIpc) is 3.22. The van der Waals surface area contributed by atoms with Crippen LogP contribution >= 0.6 is 11.6 Å². The summed E-state index contributed by atoms with van der Waals surface area (Å²) in [4.78, 5) is 24.5. The maximum Gasteiger partial charge on any atom is 0.340 e. The van der Waals surface area contributed by atoms with Gasteiger partial charge < -0.3 is 4.74 Å². The first kappa shape index (κ1) is 20.5. The van der Waals surface area contributed by atoms with Gasteiger partial charge in [0.2, 0.25) is 10.0 Å². The Bertz CT molecular complexity index is 996. The number of hydrogen-bond donors (Lipinski definition) is 0. The van der Waals surface area contributed by atoms with E-state index in [9.17, 15) is 18.0 Å². The monoisotopic (exact) mass is 421 g/mol.